The maximum atomic E-state index is 14.7. The van der Waals surface area contributed by atoms with Gasteiger partial charge in [0.2, 0.25) is 0 Å². The summed E-state index contributed by atoms with van der Waals surface area (Å²) < 4.78 is 38.8. The second-order valence-corrected chi connectivity index (χ2v) is 8.00. The van der Waals surface area contributed by atoms with E-state index in [1.807, 2.05) is 18.2 Å². The number of hydrogen-bond donors (Lipinski definition) is 0. The molecule has 1 aromatic heterocycles. The Kier molecular flexibility index (Phi) is 6.04. The fourth-order valence-electron chi connectivity index (χ4n) is 3.97. The van der Waals surface area contributed by atoms with Crippen molar-refractivity contribution in [1.82, 2.24) is 0 Å². The summed E-state index contributed by atoms with van der Waals surface area (Å²) in [6.07, 6.45) is 3.22. The third kappa shape index (κ3) is 4.34. The van der Waals surface area contributed by atoms with E-state index in [2.05, 4.69) is 0 Å². The summed E-state index contributed by atoms with van der Waals surface area (Å²) in [5, 5.41) is 0. The number of hydrogen-bond acceptors (Lipinski definition) is 4. The van der Waals surface area contributed by atoms with Crippen LogP contribution in [0, 0.1) is 11.6 Å². The second kappa shape index (κ2) is 9.46. The van der Waals surface area contributed by atoms with Crippen LogP contribution in [-0.2, 0) is 9.53 Å². The van der Waals surface area contributed by atoms with E-state index in [1.54, 1.807) is 60.7 Å². The number of esters is 1. The summed E-state index contributed by atoms with van der Waals surface area (Å²) in [6.45, 7) is 0. The van der Waals surface area contributed by atoms with Crippen LogP contribution in [0.25, 0.3) is 23.1 Å². The first-order valence-corrected chi connectivity index (χ1v) is 11.0. The molecule has 1 amide bonds. The molecule has 0 saturated heterocycles. The predicted octanol–water partition coefficient (Wildman–Crippen LogP) is 6.48. The Hall–Kier alpha value is -4.78. The molecular formula is C29H19F2NO4. The highest BCUT2D eigenvalue weighted by molar-refractivity contribution is 6.23. The number of methoxy groups -OCH3 is 1. The van der Waals surface area contributed by atoms with Gasteiger partial charge in [0.1, 0.15) is 23.2 Å². The molecule has 0 bridgehead atoms. The van der Waals surface area contributed by atoms with Crippen LogP contribution in [0.5, 0.6) is 0 Å². The molecule has 4 aromatic rings. The van der Waals surface area contributed by atoms with Crippen LogP contribution in [-0.4, -0.2) is 19.0 Å². The maximum Gasteiger partial charge on any atom is 0.337 e. The minimum absolute atomic E-state index is 0.0502. The van der Waals surface area contributed by atoms with Crippen LogP contribution in [0.4, 0.5) is 14.5 Å². The number of furan rings is 1. The van der Waals surface area contributed by atoms with Crippen LogP contribution >= 0.6 is 0 Å². The highest BCUT2D eigenvalue weighted by Crippen LogP contribution is 2.37. The molecule has 0 N–H and O–H groups in total. The number of halogens is 2. The molecule has 0 saturated carbocycles. The normalized spacial score (nSPS) is 14.3. The third-order valence-electron chi connectivity index (χ3n) is 5.72. The molecule has 7 heteroatoms. The molecule has 3 aromatic carbocycles. The minimum atomic E-state index is -0.845. The van der Waals surface area contributed by atoms with Crippen molar-refractivity contribution < 1.29 is 27.5 Å². The number of carbonyl (C=O) groups is 2. The van der Waals surface area contributed by atoms with Crippen molar-refractivity contribution in [1.29, 1.82) is 0 Å². The highest BCUT2D eigenvalue weighted by Gasteiger charge is 2.32. The number of amides is 1. The van der Waals surface area contributed by atoms with E-state index in [9.17, 15) is 18.4 Å². The Morgan fingerprint density at radius 3 is 2.36 bits per heavy atom. The van der Waals surface area contributed by atoms with Gasteiger partial charge in [-0.3, -0.25) is 9.69 Å². The number of rotatable bonds is 5. The van der Waals surface area contributed by atoms with Gasteiger partial charge in [-0.2, -0.15) is 0 Å². The summed E-state index contributed by atoms with van der Waals surface area (Å²) in [5.74, 6) is -1.53. The second-order valence-electron chi connectivity index (χ2n) is 8.00. The van der Waals surface area contributed by atoms with E-state index in [0.29, 0.717) is 28.3 Å². The molecule has 1 aliphatic rings. The molecular weight excluding hydrogens is 464 g/mol. The number of benzene rings is 3. The molecule has 1 aliphatic heterocycles. The van der Waals surface area contributed by atoms with Crippen molar-refractivity contribution in [2.24, 2.45) is 0 Å². The summed E-state index contributed by atoms with van der Waals surface area (Å²) in [5.41, 5.74) is 2.54. The topological polar surface area (TPSA) is 59.8 Å². The van der Waals surface area contributed by atoms with Gasteiger partial charge >= 0.3 is 5.97 Å². The zero-order chi connectivity index (χ0) is 25.2. The van der Waals surface area contributed by atoms with Crippen molar-refractivity contribution in [2.75, 3.05) is 12.0 Å². The van der Waals surface area contributed by atoms with Crippen molar-refractivity contribution in [3.05, 3.63) is 125 Å². The molecule has 0 spiro atoms. The summed E-state index contributed by atoms with van der Waals surface area (Å²) in [7, 11) is 1.32. The van der Waals surface area contributed by atoms with Crippen LogP contribution < -0.4 is 4.90 Å². The molecule has 0 atom stereocenters. The van der Waals surface area contributed by atoms with Gasteiger partial charge in [-0.25, -0.2) is 13.6 Å². The van der Waals surface area contributed by atoms with E-state index in [-0.39, 0.29) is 11.3 Å². The number of ether oxygens (including phenoxy) is 1. The van der Waals surface area contributed by atoms with Crippen LogP contribution in [0.2, 0.25) is 0 Å². The lowest BCUT2D eigenvalue weighted by atomic mass is 10.1. The van der Waals surface area contributed by atoms with Gasteiger partial charge in [-0.15, -0.1) is 0 Å². The molecule has 0 radical (unpaired) electrons. The Balaban J connectivity index is 1.50. The van der Waals surface area contributed by atoms with Gasteiger partial charge < -0.3 is 9.15 Å². The molecule has 0 fully saturated rings. The largest absolute Gasteiger partial charge is 0.465 e. The van der Waals surface area contributed by atoms with Crippen LogP contribution in [0.15, 0.2) is 101 Å². The molecule has 36 heavy (non-hydrogen) atoms. The first kappa shape index (κ1) is 23.0. The van der Waals surface area contributed by atoms with Crippen LogP contribution in [0.3, 0.4) is 0 Å². The van der Waals surface area contributed by atoms with Gasteiger partial charge in [-0.1, -0.05) is 42.5 Å². The van der Waals surface area contributed by atoms with Crippen molar-refractivity contribution in [3.63, 3.8) is 0 Å². The smallest absolute Gasteiger partial charge is 0.337 e. The van der Waals surface area contributed by atoms with Gasteiger partial charge in [-0.05, 0) is 54.1 Å². The standard InChI is InChI=1S/C29H19F2NO4/c1-35-29(34)20-9-7-19(8-10-20)27-14-12-23(36-27)15-21-16-26(18-5-3-2-4-6-18)32(28(21)33)25-13-11-22(30)17-24(25)31/h2-17H,1H3/b21-15+. The van der Waals surface area contributed by atoms with E-state index >= 15 is 0 Å². The lowest BCUT2D eigenvalue weighted by Gasteiger charge is -2.21. The monoisotopic (exact) mass is 483 g/mol. The molecule has 2 heterocycles. The maximum absolute atomic E-state index is 14.7. The van der Waals surface area contributed by atoms with Gasteiger partial charge in [0.15, 0.2) is 0 Å². The first-order valence-electron chi connectivity index (χ1n) is 11.0. The quantitative estimate of drug-likeness (QED) is 0.241. The SMILES string of the molecule is COC(=O)c1ccc(-c2ccc(/C=C3\C=C(c4ccccc4)N(c4ccc(F)cc4F)C3=O)o2)cc1. The van der Waals surface area contributed by atoms with Gasteiger partial charge in [0.25, 0.3) is 5.91 Å². The first-order chi connectivity index (χ1) is 17.4. The summed E-state index contributed by atoms with van der Waals surface area (Å²) in [4.78, 5) is 26.3. The van der Waals surface area contributed by atoms with Gasteiger partial charge in [0.05, 0.1) is 24.1 Å². The Morgan fingerprint density at radius 1 is 0.917 bits per heavy atom. The van der Waals surface area contributed by atoms with E-state index in [1.165, 1.54) is 18.1 Å². The average molecular weight is 483 g/mol. The fourth-order valence-corrected chi connectivity index (χ4v) is 3.97. The van der Waals surface area contributed by atoms with Crippen LogP contribution in [0.1, 0.15) is 21.7 Å². The zero-order valence-electron chi connectivity index (χ0n) is 19.1. The van der Waals surface area contributed by atoms with E-state index < -0.39 is 23.5 Å². The third-order valence-corrected chi connectivity index (χ3v) is 5.72. The molecule has 0 unspecified atom stereocenters. The highest BCUT2D eigenvalue weighted by atomic mass is 19.1. The number of anilines is 1. The Labute approximate surface area is 205 Å². The molecule has 5 rings (SSSR count). The fraction of sp³-hybridized carbons (Fsp3) is 0.0345. The summed E-state index contributed by atoms with van der Waals surface area (Å²) in [6, 6.07) is 22.4. The van der Waals surface area contributed by atoms with Gasteiger partial charge in [0, 0.05) is 17.2 Å². The lowest BCUT2D eigenvalue weighted by Crippen LogP contribution is -2.26. The number of carbonyl (C=O) groups excluding carboxylic acids is 2. The number of nitrogens with zero attached hydrogens (tertiary/aromatic N) is 1. The average Bonchev–Trinajstić information content (AvgIpc) is 3.49. The minimum Gasteiger partial charge on any atom is -0.465 e. The predicted molar refractivity (Wildman–Crippen MR) is 132 cm³/mol. The van der Waals surface area contributed by atoms with E-state index in [0.717, 1.165) is 17.7 Å². The molecule has 178 valence electrons. The van der Waals surface area contributed by atoms with Crippen molar-refractivity contribution in [2.45, 2.75) is 0 Å². The molecule has 0 aliphatic carbocycles. The van der Waals surface area contributed by atoms with E-state index in [4.69, 9.17) is 9.15 Å². The summed E-state index contributed by atoms with van der Waals surface area (Å²) >= 11 is 0. The Morgan fingerprint density at radius 2 is 1.67 bits per heavy atom. The lowest BCUT2D eigenvalue weighted by molar-refractivity contribution is -0.113. The van der Waals surface area contributed by atoms with Crippen molar-refractivity contribution in [3.8, 4) is 11.3 Å². The zero-order valence-corrected chi connectivity index (χ0v) is 19.1. The van der Waals surface area contributed by atoms with Crippen molar-refractivity contribution >= 4 is 29.3 Å². The molecule has 5 nitrogen and oxygen atoms in total. The Bertz CT molecular complexity index is 1520.